The number of tetrazole rings is 1. The Morgan fingerprint density at radius 2 is 1.61 bits per heavy atom. The van der Waals surface area contributed by atoms with Gasteiger partial charge in [-0.25, -0.2) is 0 Å². The fourth-order valence-corrected chi connectivity index (χ4v) is 4.48. The van der Waals surface area contributed by atoms with Crippen LogP contribution in [0.5, 0.6) is 0 Å². The Morgan fingerprint density at radius 3 is 2.35 bits per heavy atom. The number of nitrogens with zero attached hydrogens (tertiary/aromatic N) is 6. The minimum absolute atomic E-state index is 0.00523. The van der Waals surface area contributed by atoms with Crippen LogP contribution in [0.1, 0.15) is 29.5 Å². The highest BCUT2D eigenvalue weighted by Gasteiger charge is 2.25. The van der Waals surface area contributed by atoms with Crippen molar-refractivity contribution in [3.05, 3.63) is 66.0 Å². The Hall–Kier alpha value is -3.20. The van der Waals surface area contributed by atoms with Gasteiger partial charge in [-0.05, 0) is 34.7 Å². The van der Waals surface area contributed by atoms with Gasteiger partial charge in [0, 0.05) is 37.5 Å². The van der Waals surface area contributed by atoms with E-state index in [0.29, 0.717) is 49.7 Å². The molecule has 1 saturated heterocycles. The molecular formula is C22H24N6O2S. The molecule has 1 aliphatic rings. The van der Waals surface area contributed by atoms with Crippen LogP contribution in [0.4, 0.5) is 0 Å². The molecule has 0 aliphatic carbocycles. The van der Waals surface area contributed by atoms with Crippen LogP contribution in [-0.2, 0) is 10.5 Å². The standard InChI is InChI=1S/C22H24N6O2S/c1-2-21(29)26-12-14-27(15-13-26)22(30)18-10-6-7-11-19(18)31-16-20-23-24-25-28(20)17-8-4-3-5-9-17/h3-11H,2,12-16H2,1H3. The molecule has 1 fully saturated rings. The second kappa shape index (κ2) is 9.74. The molecule has 0 unspecified atom stereocenters. The highest BCUT2D eigenvalue weighted by molar-refractivity contribution is 7.98. The number of para-hydroxylation sites is 1. The van der Waals surface area contributed by atoms with Crippen LogP contribution in [0.3, 0.4) is 0 Å². The first-order valence-corrected chi connectivity index (χ1v) is 11.3. The number of thioether (sulfide) groups is 1. The van der Waals surface area contributed by atoms with Crippen molar-refractivity contribution in [3.63, 3.8) is 0 Å². The first-order valence-electron chi connectivity index (χ1n) is 10.3. The predicted molar refractivity (Wildman–Crippen MR) is 118 cm³/mol. The largest absolute Gasteiger partial charge is 0.339 e. The van der Waals surface area contributed by atoms with E-state index in [0.717, 1.165) is 10.6 Å². The van der Waals surface area contributed by atoms with Crippen LogP contribution in [-0.4, -0.2) is 68.0 Å². The van der Waals surface area contributed by atoms with E-state index in [9.17, 15) is 9.59 Å². The number of amides is 2. The number of benzene rings is 2. The molecule has 9 heteroatoms. The monoisotopic (exact) mass is 436 g/mol. The summed E-state index contributed by atoms with van der Waals surface area (Å²) in [6.45, 7) is 4.13. The summed E-state index contributed by atoms with van der Waals surface area (Å²) in [6, 6.07) is 17.3. The zero-order valence-electron chi connectivity index (χ0n) is 17.3. The number of carbonyl (C=O) groups excluding carboxylic acids is 2. The number of rotatable bonds is 6. The molecule has 1 aromatic heterocycles. The SMILES string of the molecule is CCC(=O)N1CCN(C(=O)c2ccccc2SCc2nnnn2-c2ccccc2)CC1. The lowest BCUT2D eigenvalue weighted by Gasteiger charge is -2.35. The van der Waals surface area contributed by atoms with Gasteiger partial charge in [-0.15, -0.1) is 16.9 Å². The van der Waals surface area contributed by atoms with Crippen molar-refractivity contribution in [1.82, 2.24) is 30.0 Å². The van der Waals surface area contributed by atoms with Gasteiger partial charge in [-0.1, -0.05) is 37.3 Å². The van der Waals surface area contributed by atoms with Gasteiger partial charge >= 0.3 is 0 Å². The third-order valence-electron chi connectivity index (χ3n) is 5.23. The van der Waals surface area contributed by atoms with Crippen molar-refractivity contribution < 1.29 is 9.59 Å². The van der Waals surface area contributed by atoms with Gasteiger partial charge in [-0.3, -0.25) is 9.59 Å². The minimum Gasteiger partial charge on any atom is -0.339 e. The summed E-state index contributed by atoms with van der Waals surface area (Å²) in [7, 11) is 0. The van der Waals surface area contributed by atoms with Crippen LogP contribution < -0.4 is 0 Å². The van der Waals surface area contributed by atoms with Crippen LogP contribution in [0.15, 0.2) is 59.5 Å². The molecule has 2 heterocycles. The molecular weight excluding hydrogens is 412 g/mol. The average molecular weight is 437 g/mol. The maximum atomic E-state index is 13.2. The van der Waals surface area contributed by atoms with Crippen molar-refractivity contribution in [1.29, 1.82) is 0 Å². The fraction of sp³-hybridized carbons (Fsp3) is 0.318. The van der Waals surface area contributed by atoms with E-state index < -0.39 is 0 Å². The molecule has 0 N–H and O–H groups in total. The highest BCUT2D eigenvalue weighted by atomic mass is 32.2. The number of hydrogen-bond acceptors (Lipinski definition) is 6. The van der Waals surface area contributed by atoms with Gasteiger partial charge in [0.1, 0.15) is 0 Å². The molecule has 0 atom stereocenters. The fourth-order valence-electron chi connectivity index (χ4n) is 3.53. The Bertz CT molecular complexity index is 1050. The lowest BCUT2D eigenvalue weighted by Crippen LogP contribution is -2.50. The van der Waals surface area contributed by atoms with E-state index in [1.807, 2.05) is 71.3 Å². The second-order valence-electron chi connectivity index (χ2n) is 7.15. The van der Waals surface area contributed by atoms with Crippen molar-refractivity contribution >= 4 is 23.6 Å². The molecule has 0 radical (unpaired) electrons. The first kappa shape index (κ1) is 21.0. The summed E-state index contributed by atoms with van der Waals surface area (Å²) in [6.07, 6.45) is 0.496. The molecule has 8 nitrogen and oxygen atoms in total. The van der Waals surface area contributed by atoms with Gasteiger partial charge < -0.3 is 9.80 Å². The second-order valence-corrected chi connectivity index (χ2v) is 8.17. The lowest BCUT2D eigenvalue weighted by atomic mass is 10.1. The Balaban J connectivity index is 1.45. The highest BCUT2D eigenvalue weighted by Crippen LogP contribution is 2.27. The molecule has 31 heavy (non-hydrogen) atoms. The normalized spacial score (nSPS) is 14.0. The van der Waals surface area contributed by atoms with Crippen LogP contribution >= 0.6 is 11.8 Å². The van der Waals surface area contributed by atoms with Crippen LogP contribution in [0.25, 0.3) is 5.69 Å². The summed E-state index contributed by atoms with van der Waals surface area (Å²) < 4.78 is 1.71. The van der Waals surface area contributed by atoms with Gasteiger partial charge in [0.25, 0.3) is 5.91 Å². The van der Waals surface area contributed by atoms with Crippen molar-refractivity contribution in [2.75, 3.05) is 26.2 Å². The zero-order chi connectivity index (χ0) is 21.6. The Labute approximate surface area is 185 Å². The molecule has 160 valence electrons. The van der Waals surface area contributed by atoms with Crippen molar-refractivity contribution in [2.45, 2.75) is 24.0 Å². The van der Waals surface area contributed by atoms with E-state index in [4.69, 9.17) is 0 Å². The summed E-state index contributed by atoms with van der Waals surface area (Å²) in [5.74, 6) is 1.38. The summed E-state index contributed by atoms with van der Waals surface area (Å²) >= 11 is 1.54. The van der Waals surface area contributed by atoms with Gasteiger partial charge in [0.2, 0.25) is 5.91 Å². The summed E-state index contributed by atoms with van der Waals surface area (Å²) in [5.41, 5.74) is 1.56. The lowest BCUT2D eigenvalue weighted by molar-refractivity contribution is -0.132. The van der Waals surface area contributed by atoms with E-state index in [2.05, 4.69) is 15.5 Å². The molecule has 1 aliphatic heterocycles. The van der Waals surface area contributed by atoms with Gasteiger partial charge in [-0.2, -0.15) is 4.68 Å². The van der Waals surface area contributed by atoms with Gasteiger partial charge in [0.05, 0.1) is 17.0 Å². The predicted octanol–water partition coefficient (Wildman–Crippen LogP) is 2.65. The smallest absolute Gasteiger partial charge is 0.255 e. The van der Waals surface area contributed by atoms with Crippen molar-refractivity contribution in [3.8, 4) is 5.69 Å². The van der Waals surface area contributed by atoms with Crippen molar-refractivity contribution in [2.24, 2.45) is 0 Å². The molecule has 4 rings (SSSR count). The number of carbonyl (C=O) groups is 2. The zero-order valence-corrected chi connectivity index (χ0v) is 18.2. The topological polar surface area (TPSA) is 84.2 Å². The van der Waals surface area contributed by atoms with E-state index in [-0.39, 0.29) is 11.8 Å². The third-order valence-corrected chi connectivity index (χ3v) is 6.30. The molecule has 0 saturated carbocycles. The maximum absolute atomic E-state index is 13.2. The van der Waals surface area contributed by atoms with E-state index in [1.165, 1.54) is 11.8 Å². The first-order chi connectivity index (χ1) is 15.2. The molecule has 2 aromatic carbocycles. The summed E-state index contributed by atoms with van der Waals surface area (Å²) in [5, 5.41) is 12.1. The third kappa shape index (κ3) is 4.77. The molecule has 2 amide bonds. The number of hydrogen-bond donors (Lipinski definition) is 0. The van der Waals surface area contributed by atoms with Crippen LogP contribution in [0, 0.1) is 0 Å². The van der Waals surface area contributed by atoms with Gasteiger partial charge in [0.15, 0.2) is 5.82 Å². The number of piperazine rings is 1. The molecule has 0 spiro atoms. The Morgan fingerprint density at radius 1 is 0.935 bits per heavy atom. The quantitative estimate of drug-likeness (QED) is 0.553. The van der Waals surface area contributed by atoms with E-state index >= 15 is 0 Å². The summed E-state index contributed by atoms with van der Waals surface area (Å²) in [4.78, 5) is 29.6. The minimum atomic E-state index is -0.00523. The Kier molecular flexibility index (Phi) is 6.61. The molecule has 3 aromatic rings. The maximum Gasteiger partial charge on any atom is 0.255 e. The van der Waals surface area contributed by atoms with E-state index in [1.54, 1.807) is 4.68 Å². The van der Waals surface area contributed by atoms with Crippen LogP contribution in [0.2, 0.25) is 0 Å². The average Bonchev–Trinajstić information content (AvgIpc) is 3.31. The number of aromatic nitrogens is 4. The molecule has 0 bridgehead atoms.